The van der Waals surface area contributed by atoms with Gasteiger partial charge in [0.05, 0.1) is 11.5 Å². The molecule has 0 aliphatic heterocycles. The van der Waals surface area contributed by atoms with E-state index in [9.17, 15) is 0 Å². The number of hydrogen-bond donors (Lipinski definition) is 1. The van der Waals surface area contributed by atoms with Gasteiger partial charge in [0.1, 0.15) is 5.52 Å². The molecule has 0 aliphatic rings. The van der Waals surface area contributed by atoms with Crippen LogP contribution < -0.4 is 0 Å². The molecule has 5 heteroatoms. The molecule has 0 saturated heterocycles. The van der Waals surface area contributed by atoms with E-state index in [0.717, 1.165) is 5.56 Å². The SMILES string of the molecule is CC(C)(C#N)c1cnc2n[nH]nc2c1. The highest BCUT2D eigenvalue weighted by Crippen LogP contribution is 2.22. The summed E-state index contributed by atoms with van der Waals surface area (Å²) in [5, 5.41) is 19.2. The zero-order chi connectivity index (χ0) is 10.2. The van der Waals surface area contributed by atoms with Gasteiger partial charge in [-0.15, -0.1) is 5.10 Å². The lowest BCUT2D eigenvalue weighted by Gasteiger charge is -2.14. The van der Waals surface area contributed by atoms with Crippen molar-refractivity contribution in [3.8, 4) is 6.07 Å². The molecule has 0 saturated carbocycles. The molecular weight excluding hydrogens is 178 g/mol. The molecule has 0 aromatic carbocycles. The minimum absolute atomic E-state index is 0.542. The predicted octanol–water partition coefficient (Wildman–Crippen LogP) is 1.15. The highest BCUT2D eigenvalue weighted by molar-refractivity contribution is 5.69. The molecule has 0 spiro atoms. The topological polar surface area (TPSA) is 78.2 Å². The summed E-state index contributed by atoms with van der Waals surface area (Å²) in [4.78, 5) is 4.10. The molecule has 0 bridgehead atoms. The number of H-pyrrole nitrogens is 1. The number of aromatic amines is 1. The van der Waals surface area contributed by atoms with E-state index in [2.05, 4.69) is 26.5 Å². The van der Waals surface area contributed by atoms with Crippen molar-refractivity contribution < 1.29 is 0 Å². The molecule has 2 heterocycles. The van der Waals surface area contributed by atoms with Crippen molar-refractivity contribution in [2.75, 3.05) is 0 Å². The molecule has 0 amide bonds. The molecule has 5 nitrogen and oxygen atoms in total. The van der Waals surface area contributed by atoms with Gasteiger partial charge < -0.3 is 0 Å². The van der Waals surface area contributed by atoms with Crippen LogP contribution in [0.25, 0.3) is 11.2 Å². The number of aromatic nitrogens is 4. The summed E-state index contributed by atoms with van der Waals surface area (Å²) in [5.41, 5.74) is 1.56. The molecule has 0 aliphatic carbocycles. The van der Waals surface area contributed by atoms with E-state index in [1.54, 1.807) is 6.20 Å². The Morgan fingerprint density at radius 3 is 2.93 bits per heavy atom. The van der Waals surface area contributed by atoms with Gasteiger partial charge in [0.25, 0.3) is 0 Å². The molecule has 2 aromatic rings. The summed E-state index contributed by atoms with van der Waals surface area (Å²) >= 11 is 0. The smallest absolute Gasteiger partial charge is 0.201 e. The zero-order valence-corrected chi connectivity index (χ0v) is 7.94. The normalized spacial score (nSPS) is 11.5. The van der Waals surface area contributed by atoms with E-state index in [4.69, 9.17) is 5.26 Å². The Bertz CT molecular complexity index is 505. The summed E-state index contributed by atoms with van der Waals surface area (Å²) in [6.07, 6.45) is 1.66. The Hall–Kier alpha value is -1.96. The third-order valence-corrected chi connectivity index (χ3v) is 2.17. The standard InChI is InChI=1S/C9H9N5/c1-9(2,5-10)6-3-7-8(11-4-6)13-14-12-7/h3-4H,1-2H3,(H,11,12,13,14). The van der Waals surface area contributed by atoms with Crippen LogP contribution in [-0.4, -0.2) is 20.4 Å². The zero-order valence-electron chi connectivity index (χ0n) is 7.94. The number of nitrogens with one attached hydrogen (secondary N) is 1. The average Bonchev–Trinajstić information content (AvgIpc) is 2.64. The van der Waals surface area contributed by atoms with Gasteiger partial charge in [0, 0.05) is 6.20 Å². The first-order valence-electron chi connectivity index (χ1n) is 4.22. The van der Waals surface area contributed by atoms with Gasteiger partial charge in [-0.1, -0.05) is 0 Å². The van der Waals surface area contributed by atoms with Crippen LogP contribution in [0.2, 0.25) is 0 Å². The van der Waals surface area contributed by atoms with E-state index < -0.39 is 5.41 Å². The Labute approximate surface area is 80.8 Å². The lowest BCUT2D eigenvalue weighted by Crippen LogP contribution is -2.13. The summed E-state index contributed by atoms with van der Waals surface area (Å²) in [6, 6.07) is 4.04. The van der Waals surface area contributed by atoms with Crippen LogP contribution in [0.5, 0.6) is 0 Å². The van der Waals surface area contributed by atoms with Crippen molar-refractivity contribution in [3.05, 3.63) is 17.8 Å². The van der Waals surface area contributed by atoms with E-state index >= 15 is 0 Å². The first-order valence-corrected chi connectivity index (χ1v) is 4.22. The van der Waals surface area contributed by atoms with E-state index in [1.807, 2.05) is 19.9 Å². The fourth-order valence-electron chi connectivity index (χ4n) is 1.15. The minimum Gasteiger partial charge on any atom is -0.233 e. The summed E-state index contributed by atoms with van der Waals surface area (Å²) in [5.74, 6) is 0. The molecule has 14 heavy (non-hydrogen) atoms. The van der Waals surface area contributed by atoms with Gasteiger partial charge >= 0.3 is 0 Å². The van der Waals surface area contributed by atoms with Crippen molar-refractivity contribution in [1.82, 2.24) is 20.4 Å². The maximum Gasteiger partial charge on any atom is 0.201 e. The monoisotopic (exact) mass is 187 g/mol. The van der Waals surface area contributed by atoms with E-state index in [1.165, 1.54) is 0 Å². The molecular formula is C9H9N5. The molecule has 1 N–H and O–H groups in total. The minimum atomic E-state index is -0.542. The number of rotatable bonds is 1. The van der Waals surface area contributed by atoms with Gasteiger partial charge in [-0.25, -0.2) is 4.98 Å². The third kappa shape index (κ3) is 1.21. The largest absolute Gasteiger partial charge is 0.233 e. The maximum absolute atomic E-state index is 8.95. The first kappa shape index (κ1) is 8.63. The van der Waals surface area contributed by atoms with Crippen LogP contribution in [0.4, 0.5) is 0 Å². The Morgan fingerprint density at radius 1 is 1.43 bits per heavy atom. The fourth-order valence-corrected chi connectivity index (χ4v) is 1.15. The second kappa shape index (κ2) is 2.77. The highest BCUT2D eigenvalue weighted by Gasteiger charge is 2.20. The Morgan fingerprint density at radius 2 is 2.21 bits per heavy atom. The lowest BCUT2D eigenvalue weighted by molar-refractivity contribution is 0.684. The second-order valence-corrected chi connectivity index (χ2v) is 3.63. The maximum atomic E-state index is 8.95. The van der Waals surface area contributed by atoms with Gasteiger partial charge in [-0.3, -0.25) is 0 Å². The number of nitrogens with zero attached hydrogens (tertiary/aromatic N) is 4. The molecule has 0 unspecified atom stereocenters. The molecule has 2 rings (SSSR count). The van der Waals surface area contributed by atoms with Gasteiger partial charge in [0.15, 0.2) is 0 Å². The van der Waals surface area contributed by atoms with Crippen LogP contribution in [0.3, 0.4) is 0 Å². The van der Waals surface area contributed by atoms with Crippen molar-refractivity contribution in [3.63, 3.8) is 0 Å². The van der Waals surface area contributed by atoms with Crippen molar-refractivity contribution in [1.29, 1.82) is 5.26 Å². The van der Waals surface area contributed by atoms with Crippen LogP contribution in [0.1, 0.15) is 19.4 Å². The van der Waals surface area contributed by atoms with E-state index in [0.29, 0.717) is 11.2 Å². The highest BCUT2D eigenvalue weighted by atomic mass is 15.3. The first-order chi connectivity index (χ1) is 6.63. The van der Waals surface area contributed by atoms with Gasteiger partial charge in [0.2, 0.25) is 5.65 Å². The Balaban J connectivity index is 2.61. The molecule has 0 radical (unpaired) electrons. The second-order valence-electron chi connectivity index (χ2n) is 3.63. The fraction of sp³-hybridized carbons (Fsp3) is 0.333. The van der Waals surface area contributed by atoms with E-state index in [-0.39, 0.29) is 0 Å². The molecule has 2 aromatic heterocycles. The van der Waals surface area contributed by atoms with Crippen LogP contribution in [0.15, 0.2) is 12.3 Å². The number of pyridine rings is 1. The molecule has 0 atom stereocenters. The summed E-state index contributed by atoms with van der Waals surface area (Å²) < 4.78 is 0. The van der Waals surface area contributed by atoms with Crippen LogP contribution in [0, 0.1) is 11.3 Å². The quantitative estimate of drug-likeness (QED) is 0.726. The lowest BCUT2D eigenvalue weighted by atomic mass is 9.87. The van der Waals surface area contributed by atoms with Crippen molar-refractivity contribution in [2.45, 2.75) is 19.3 Å². The van der Waals surface area contributed by atoms with Gasteiger partial charge in [-0.05, 0) is 25.5 Å². The molecule has 0 fully saturated rings. The van der Waals surface area contributed by atoms with Gasteiger partial charge in [-0.2, -0.15) is 15.6 Å². The van der Waals surface area contributed by atoms with Crippen molar-refractivity contribution >= 4 is 11.2 Å². The summed E-state index contributed by atoms with van der Waals surface area (Å²) in [7, 11) is 0. The number of hydrogen-bond acceptors (Lipinski definition) is 4. The van der Waals surface area contributed by atoms with Crippen LogP contribution >= 0.6 is 0 Å². The Kier molecular flexibility index (Phi) is 1.71. The molecule has 70 valence electrons. The van der Waals surface area contributed by atoms with Crippen molar-refractivity contribution in [2.24, 2.45) is 0 Å². The van der Waals surface area contributed by atoms with Crippen LogP contribution in [-0.2, 0) is 5.41 Å². The number of nitriles is 1. The summed E-state index contributed by atoms with van der Waals surface area (Å²) in [6.45, 7) is 3.69. The number of fused-ring (bicyclic) bond motifs is 1. The third-order valence-electron chi connectivity index (χ3n) is 2.17. The average molecular weight is 187 g/mol. The predicted molar refractivity (Wildman–Crippen MR) is 50.3 cm³/mol.